The van der Waals surface area contributed by atoms with Gasteiger partial charge >= 0.3 is 0 Å². The molecule has 80 valence electrons. The third kappa shape index (κ3) is 3.01. The molecule has 0 N–H and O–H groups in total. The van der Waals surface area contributed by atoms with Gasteiger partial charge in [-0.05, 0) is 6.42 Å². The number of Topliss-reactive ketones (excluding diaryl/α,β-unsaturated/α-hetero) is 2. The molecule has 0 aliphatic carbocycles. The zero-order chi connectivity index (χ0) is 11.3. The molecule has 15 heavy (non-hydrogen) atoms. The third-order valence-corrected chi connectivity index (χ3v) is 2.33. The first-order valence-corrected chi connectivity index (χ1v) is 5.35. The monoisotopic (exact) mass is 204 g/mol. The third-order valence-electron chi connectivity index (χ3n) is 2.33. The van der Waals surface area contributed by atoms with Gasteiger partial charge in [-0.2, -0.15) is 0 Å². The van der Waals surface area contributed by atoms with Crippen molar-refractivity contribution in [2.45, 2.75) is 33.1 Å². The van der Waals surface area contributed by atoms with E-state index in [1.807, 2.05) is 13.8 Å². The summed E-state index contributed by atoms with van der Waals surface area (Å²) in [6, 6.07) is 6.94. The van der Waals surface area contributed by atoms with Gasteiger partial charge in [0.05, 0.1) is 0 Å². The van der Waals surface area contributed by atoms with Crippen LogP contribution in [0.2, 0.25) is 0 Å². The maximum atomic E-state index is 11.5. The Hall–Kier alpha value is -1.44. The SMILES string of the molecule is CCCC(=O)c1ccc(C(=O)CC)cc1. The van der Waals surface area contributed by atoms with Gasteiger partial charge < -0.3 is 0 Å². The normalized spacial score (nSPS) is 10.0. The Bertz CT molecular complexity index is 349. The van der Waals surface area contributed by atoms with Crippen LogP contribution in [0.5, 0.6) is 0 Å². The van der Waals surface area contributed by atoms with Crippen LogP contribution in [-0.2, 0) is 0 Å². The summed E-state index contributed by atoms with van der Waals surface area (Å²) < 4.78 is 0. The zero-order valence-corrected chi connectivity index (χ0v) is 9.25. The molecule has 0 saturated carbocycles. The molecule has 1 rings (SSSR count). The first kappa shape index (κ1) is 11.6. The Morgan fingerprint density at radius 1 is 0.933 bits per heavy atom. The van der Waals surface area contributed by atoms with Gasteiger partial charge in [0.15, 0.2) is 11.6 Å². The van der Waals surface area contributed by atoms with Crippen LogP contribution >= 0.6 is 0 Å². The fraction of sp³-hybridized carbons (Fsp3) is 0.385. The van der Waals surface area contributed by atoms with Crippen molar-refractivity contribution in [2.24, 2.45) is 0 Å². The number of rotatable bonds is 5. The summed E-state index contributed by atoms with van der Waals surface area (Å²) in [6.07, 6.45) is 1.93. The number of hydrogen-bond donors (Lipinski definition) is 0. The molecule has 0 amide bonds. The standard InChI is InChI=1S/C13H16O2/c1-3-5-13(15)11-8-6-10(7-9-11)12(14)4-2/h6-9H,3-5H2,1-2H3. The number of benzene rings is 1. The van der Waals surface area contributed by atoms with Crippen molar-refractivity contribution in [1.29, 1.82) is 0 Å². The summed E-state index contributed by atoms with van der Waals surface area (Å²) in [7, 11) is 0. The molecular formula is C13H16O2. The van der Waals surface area contributed by atoms with Crippen molar-refractivity contribution in [3.63, 3.8) is 0 Å². The van der Waals surface area contributed by atoms with Crippen molar-refractivity contribution >= 4 is 11.6 Å². The first-order chi connectivity index (χ1) is 7.19. The van der Waals surface area contributed by atoms with E-state index < -0.39 is 0 Å². The molecular weight excluding hydrogens is 188 g/mol. The number of carbonyl (C=O) groups is 2. The molecule has 0 aliphatic heterocycles. The summed E-state index contributed by atoms with van der Waals surface area (Å²) in [5.74, 6) is 0.262. The van der Waals surface area contributed by atoms with E-state index in [4.69, 9.17) is 0 Å². The van der Waals surface area contributed by atoms with E-state index in [1.165, 1.54) is 0 Å². The Labute approximate surface area is 90.3 Å². The van der Waals surface area contributed by atoms with Gasteiger partial charge in [-0.25, -0.2) is 0 Å². The topological polar surface area (TPSA) is 34.1 Å². The van der Waals surface area contributed by atoms with Crippen molar-refractivity contribution < 1.29 is 9.59 Å². The molecule has 0 atom stereocenters. The molecule has 0 spiro atoms. The van der Waals surface area contributed by atoms with E-state index in [1.54, 1.807) is 24.3 Å². The zero-order valence-electron chi connectivity index (χ0n) is 9.25. The van der Waals surface area contributed by atoms with Gasteiger partial charge in [0.25, 0.3) is 0 Å². The van der Waals surface area contributed by atoms with Gasteiger partial charge in [-0.15, -0.1) is 0 Å². The highest BCUT2D eigenvalue weighted by molar-refractivity contribution is 5.99. The minimum absolute atomic E-state index is 0.115. The van der Waals surface area contributed by atoms with Crippen molar-refractivity contribution in [3.8, 4) is 0 Å². The Morgan fingerprint density at radius 2 is 1.40 bits per heavy atom. The minimum Gasteiger partial charge on any atom is -0.294 e. The second kappa shape index (κ2) is 5.44. The second-order valence-corrected chi connectivity index (χ2v) is 3.53. The molecule has 0 aromatic heterocycles. The summed E-state index contributed by atoms with van der Waals surface area (Å²) in [6.45, 7) is 3.81. The Kier molecular flexibility index (Phi) is 4.22. The van der Waals surface area contributed by atoms with Gasteiger partial charge in [0, 0.05) is 24.0 Å². The fourth-order valence-corrected chi connectivity index (χ4v) is 1.42. The predicted molar refractivity (Wildman–Crippen MR) is 60.3 cm³/mol. The maximum Gasteiger partial charge on any atom is 0.162 e. The summed E-state index contributed by atoms with van der Waals surface area (Å²) >= 11 is 0. The highest BCUT2D eigenvalue weighted by Crippen LogP contribution is 2.09. The quantitative estimate of drug-likeness (QED) is 0.690. The van der Waals surface area contributed by atoms with E-state index in [0.717, 1.165) is 6.42 Å². The summed E-state index contributed by atoms with van der Waals surface area (Å²) in [5, 5.41) is 0. The molecule has 0 heterocycles. The van der Waals surface area contributed by atoms with Crippen molar-refractivity contribution in [3.05, 3.63) is 35.4 Å². The first-order valence-electron chi connectivity index (χ1n) is 5.35. The molecule has 0 fully saturated rings. The molecule has 0 aliphatic rings. The van der Waals surface area contributed by atoms with Crippen LogP contribution in [0.15, 0.2) is 24.3 Å². The van der Waals surface area contributed by atoms with Gasteiger partial charge in [0.1, 0.15) is 0 Å². The molecule has 0 saturated heterocycles. The lowest BCUT2D eigenvalue weighted by molar-refractivity contribution is 0.0973. The minimum atomic E-state index is 0.115. The lowest BCUT2D eigenvalue weighted by atomic mass is 10.0. The fourth-order valence-electron chi connectivity index (χ4n) is 1.42. The predicted octanol–water partition coefficient (Wildman–Crippen LogP) is 3.26. The molecule has 2 heteroatoms. The second-order valence-electron chi connectivity index (χ2n) is 3.53. The van der Waals surface area contributed by atoms with E-state index in [2.05, 4.69) is 0 Å². The van der Waals surface area contributed by atoms with E-state index >= 15 is 0 Å². The molecule has 1 aromatic rings. The average Bonchev–Trinajstić information content (AvgIpc) is 2.28. The van der Waals surface area contributed by atoms with Crippen LogP contribution in [0.1, 0.15) is 53.8 Å². The van der Waals surface area contributed by atoms with Crippen LogP contribution in [0.4, 0.5) is 0 Å². The van der Waals surface area contributed by atoms with Crippen LogP contribution < -0.4 is 0 Å². The molecule has 0 bridgehead atoms. The van der Waals surface area contributed by atoms with Gasteiger partial charge in [-0.1, -0.05) is 38.1 Å². The largest absolute Gasteiger partial charge is 0.294 e. The number of ketones is 2. The van der Waals surface area contributed by atoms with Crippen LogP contribution in [-0.4, -0.2) is 11.6 Å². The lowest BCUT2D eigenvalue weighted by Gasteiger charge is -2.01. The van der Waals surface area contributed by atoms with E-state index in [-0.39, 0.29) is 11.6 Å². The van der Waals surface area contributed by atoms with Crippen molar-refractivity contribution in [2.75, 3.05) is 0 Å². The van der Waals surface area contributed by atoms with E-state index in [9.17, 15) is 9.59 Å². The van der Waals surface area contributed by atoms with Gasteiger partial charge in [-0.3, -0.25) is 9.59 Å². The molecule has 1 aromatic carbocycles. The van der Waals surface area contributed by atoms with Crippen LogP contribution in [0.3, 0.4) is 0 Å². The Balaban J connectivity index is 2.80. The van der Waals surface area contributed by atoms with Crippen LogP contribution in [0, 0.1) is 0 Å². The number of carbonyl (C=O) groups excluding carboxylic acids is 2. The van der Waals surface area contributed by atoms with E-state index in [0.29, 0.717) is 24.0 Å². The summed E-state index contributed by atoms with van der Waals surface area (Å²) in [5.41, 5.74) is 1.38. The molecule has 0 unspecified atom stereocenters. The smallest absolute Gasteiger partial charge is 0.162 e. The highest BCUT2D eigenvalue weighted by Gasteiger charge is 2.06. The van der Waals surface area contributed by atoms with Crippen LogP contribution in [0.25, 0.3) is 0 Å². The number of hydrogen-bond acceptors (Lipinski definition) is 2. The lowest BCUT2D eigenvalue weighted by Crippen LogP contribution is -2.00. The molecule has 0 radical (unpaired) electrons. The molecule has 2 nitrogen and oxygen atoms in total. The summed E-state index contributed by atoms with van der Waals surface area (Å²) in [4.78, 5) is 22.8. The Morgan fingerprint density at radius 3 is 1.80 bits per heavy atom. The maximum absolute atomic E-state index is 11.5. The van der Waals surface area contributed by atoms with Gasteiger partial charge in [0.2, 0.25) is 0 Å². The van der Waals surface area contributed by atoms with Crippen molar-refractivity contribution in [1.82, 2.24) is 0 Å². The average molecular weight is 204 g/mol. The highest BCUT2D eigenvalue weighted by atomic mass is 16.1.